The first-order valence-corrected chi connectivity index (χ1v) is 9.13. The Morgan fingerprint density at radius 1 is 1.04 bits per heavy atom. The molecule has 0 aliphatic rings. The van der Waals surface area contributed by atoms with Crippen LogP contribution in [0.4, 0.5) is 5.69 Å². The van der Waals surface area contributed by atoms with E-state index < -0.39 is 0 Å². The number of halogens is 2. The monoisotopic (exact) mass is 401 g/mol. The summed E-state index contributed by atoms with van der Waals surface area (Å²) in [6.07, 6.45) is 1.59. The van der Waals surface area contributed by atoms with Gasteiger partial charge in [-0.2, -0.15) is 0 Å². The molecule has 3 rings (SSSR count). The van der Waals surface area contributed by atoms with Gasteiger partial charge in [-0.25, -0.2) is 0 Å². The van der Waals surface area contributed by atoms with Crippen molar-refractivity contribution in [2.45, 2.75) is 6.92 Å². The third kappa shape index (κ3) is 4.21. The molecule has 0 radical (unpaired) electrons. The number of nitrogens with one attached hydrogen (secondary N) is 1. The van der Waals surface area contributed by atoms with Gasteiger partial charge in [-0.05, 0) is 31.2 Å². The quantitative estimate of drug-likeness (QED) is 0.676. The van der Waals surface area contributed by atoms with Gasteiger partial charge in [0.05, 0.1) is 26.8 Å². The molecule has 0 fully saturated rings. The molecule has 0 unspecified atom stereocenters. The van der Waals surface area contributed by atoms with Crippen molar-refractivity contribution in [1.29, 1.82) is 0 Å². The summed E-state index contributed by atoms with van der Waals surface area (Å²) in [7, 11) is 0. The number of carbonyl (C=O) groups is 2. The number of fused-ring (bicyclic) bond motifs is 1. The second kappa shape index (κ2) is 8.37. The summed E-state index contributed by atoms with van der Waals surface area (Å²) < 4.78 is 0. The minimum absolute atomic E-state index is 0.118. The molecule has 27 heavy (non-hydrogen) atoms. The Bertz CT molecular complexity index is 982. The van der Waals surface area contributed by atoms with Crippen molar-refractivity contribution >= 4 is 51.6 Å². The Labute approximate surface area is 166 Å². The summed E-state index contributed by atoms with van der Waals surface area (Å²) in [6, 6.07) is 14.0. The van der Waals surface area contributed by atoms with Crippen LogP contribution in [0.5, 0.6) is 0 Å². The maximum Gasteiger partial charge on any atom is 0.255 e. The molecular formula is C20H17Cl2N3O2. The molecule has 1 N–H and O–H groups in total. The Kier molecular flexibility index (Phi) is 5.94. The third-order valence-electron chi connectivity index (χ3n) is 4.11. The van der Waals surface area contributed by atoms with E-state index >= 15 is 0 Å². The van der Waals surface area contributed by atoms with E-state index in [1.165, 1.54) is 4.90 Å². The molecule has 0 saturated heterocycles. The van der Waals surface area contributed by atoms with Crippen LogP contribution >= 0.6 is 23.2 Å². The molecule has 0 bridgehead atoms. The molecule has 1 heterocycles. The highest BCUT2D eigenvalue weighted by atomic mass is 35.5. The van der Waals surface area contributed by atoms with E-state index in [9.17, 15) is 9.59 Å². The third-order valence-corrected chi connectivity index (χ3v) is 4.74. The molecular weight excluding hydrogens is 385 g/mol. The fourth-order valence-corrected chi connectivity index (χ4v) is 3.24. The predicted molar refractivity (Wildman–Crippen MR) is 108 cm³/mol. The Morgan fingerprint density at radius 3 is 2.44 bits per heavy atom. The SMILES string of the molecule is CCN(CC(=O)Nc1c(Cl)cccc1Cl)C(=O)c1ccnc2ccccc12. The van der Waals surface area contributed by atoms with Crippen molar-refractivity contribution in [1.82, 2.24) is 9.88 Å². The van der Waals surface area contributed by atoms with Gasteiger partial charge in [0.25, 0.3) is 5.91 Å². The number of amides is 2. The zero-order valence-electron chi connectivity index (χ0n) is 14.6. The number of aromatic nitrogens is 1. The summed E-state index contributed by atoms with van der Waals surface area (Å²) in [6.45, 7) is 2.07. The average molecular weight is 402 g/mol. The lowest BCUT2D eigenvalue weighted by Crippen LogP contribution is -2.38. The van der Waals surface area contributed by atoms with E-state index in [2.05, 4.69) is 10.3 Å². The summed E-state index contributed by atoms with van der Waals surface area (Å²) in [5.74, 6) is -0.616. The molecule has 1 aromatic heterocycles. The number of rotatable bonds is 5. The van der Waals surface area contributed by atoms with E-state index in [0.717, 1.165) is 10.9 Å². The number of hydrogen-bond donors (Lipinski definition) is 1. The highest BCUT2D eigenvalue weighted by molar-refractivity contribution is 6.39. The fraction of sp³-hybridized carbons (Fsp3) is 0.150. The standard InChI is InChI=1S/C20H17Cl2N3O2/c1-2-25(12-18(26)24-19-15(21)7-5-8-16(19)22)20(27)14-10-11-23-17-9-4-3-6-13(14)17/h3-11H,2,12H2,1H3,(H,24,26). The first kappa shape index (κ1) is 19.1. The van der Waals surface area contributed by atoms with Crippen molar-refractivity contribution in [2.24, 2.45) is 0 Å². The zero-order chi connectivity index (χ0) is 19.4. The lowest BCUT2D eigenvalue weighted by molar-refractivity contribution is -0.116. The van der Waals surface area contributed by atoms with Gasteiger partial charge in [0.15, 0.2) is 0 Å². The first-order chi connectivity index (χ1) is 13.0. The molecule has 0 spiro atoms. The molecule has 2 amide bonds. The normalized spacial score (nSPS) is 10.6. The maximum atomic E-state index is 13.0. The number of pyridine rings is 1. The topological polar surface area (TPSA) is 62.3 Å². The molecule has 5 nitrogen and oxygen atoms in total. The highest BCUT2D eigenvalue weighted by Crippen LogP contribution is 2.29. The van der Waals surface area contributed by atoms with E-state index in [0.29, 0.717) is 27.8 Å². The zero-order valence-corrected chi connectivity index (χ0v) is 16.1. The number of anilines is 1. The molecule has 2 aromatic carbocycles. The van der Waals surface area contributed by atoms with Crippen LogP contribution in [-0.4, -0.2) is 34.8 Å². The lowest BCUT2D eigenvalue weighted by atomic mass is 10.1. The molecule has 138 valence electrons. The Balaban J connectivity index is 1.80. The van der Waals surface area contributed by atoms with Crippen LogP contribution in [0.15, 0.2) is 54.7 Å². The summed E-state index contributed by atoms with van der Waals surface area (Å²) in [4.78, 5) is 31.2. The van der Waals surface area contributed by atoms with Gasteiger partial charge in [-0.3, -0.25) is 14.6 Å². The van der Waals surface area contributed by atoms with E-state index in [1.54, 1.807) is 30.5 Å². The van der Waals surface area contributed by atoms with Crippen molar-refractivity contribution < 1.29 is 9.59 Å². The summed E-state index contributed by atoms with van der Waals surface area (Å²) in [5, 5.41) is 4.10. The molecule has 7 heteroatoms. The number of likely N-dealkylation sites (N-methyl/N-ethyl adjacent to an activating group) is 1. The highest BCUT2D eigenvalue weighted by Gasteiger charge is 2.20. The van der Waals surface area contributed by atoms with Crippen LogP contribution in [0.3, 0.4) is 0 Å². The second-order valence-electron chi connectivity index (χ2n) is 5.84. The van der Waals surface area contributed by atoms with Gasteiger partial charge in [0.2, 0.25) is 5.91 Å². The van der Waals surface area contributed by atoms with Gasteiger partial charge in [0.1, 0.15) is 6.54 Å². The smallest absolute Gasteiger partial charge is 0.255 e. The van der Waals surface area contributed by atoms with Gasteiger partial charge < -0.3 is 10.2 Å². The minimum Gasteiger partial charge on any atom is -0.330 e. The number of hydrogen-bond acceptors (Lipinski definition) is 3. The van der Waals surface area contributed by atoms with Gasteiger partial charge in [-0.1, -0.05) is 47.5 Å². The van der Waals surface area contributed by atoms with Crippen LogP contribution in [0, 0.1) is 0 Å². The molecule has 0 saturated carbocycles. The van der Waals surface area contributed by atoms with Crippen LogP contribution in [0.1, 0.15) is 17.3 Å². The van der Waals surface area contributed by atoms with Crippen molar-refractivity contribution in [3.8, 4) is 0 Å². The van der Waals surface area contributed by atoms with Crippen molar-refractivity contribution in [2.75, 3.05) is 18.4 Å². The molecule has 0 aliphatic heterocycles. The van der Waals surface area contributed by atoms with E-state index in [4.69, 9.17) is 23.2 Å². The van der Waals surface area contributed by atoms with E-state index in [-0.39, 0.29) is 18.4 Å². The van der Waals surface area contributed by atoms with Gasteiger partial charge >= 0.3 is 0 Å². The first-order valence-electron chi connectivity index (χ1n) is 8.38. The molecule has 0 atom stereocenters. The Morgan fingerprint density at radius 2 is 1.74 bits per heavy atom. The van der Waals surface area contributed by atoms with Crippen LogP contribution in [0.25, 0.3) is 10.9 Å². The van der Waals surface area contributed by atoms with Gasteiger partial charge in [0, 0.05) is 18.1 Å². The summed E-state index contributed by atoms with van der Waals surface area (Å²) in [5.41, 5.74) is 1.57. The number of benzene rings is 2. The fourth-order valence-electron chi connectivity index (χ4n) is 2.75. The minimum atomic E-state index is -0.376. The van der Waals surface area contributed by atoms with Crippen LogP contribution < -0.4 is 5.32 Å². The predicted octanol–water partition coefficient (Wildman–Crippen LogP) is 4.64. The maximum absolute atomic E-state index is 13.0. The van der Waals surface area contributed by atoms with Crippen molar-refractivity contribution in [3.63, 3.8) is 0 Å². The second-order valence-corrected chi connectivity index (χ2v) is 6.65. The lowest BCUT2D eigenvalue weighted by Gasteiger charge is -2.21. The number of carbonyl (C=O) groups excluding carboxylic acids is 2. The van der Waals surface area contributed by atoms with Gasteiger partial charge in [-0.15, -0.1) is 0 Å². The molecule has 3 aromatic rings. The van der Waals surface area contributed by atoms with Crippen molar-refractivity contribution in [3.05, 3.63) is 70.3 Å². The number of para-hydroxylation sites is 2. The van der Waals surface area contributed by atoms with Crippen LogP contribution in [-0.2, 0) is 4.79 Å². The molecule has 0 aliphatic carbocycles. The average Bonchev–Trinajstić information content (AvgIpc) is 2.68. The van der Waals surface area contributed by atoms with E-state index in [1.807, 2.05) is 31.2 Å². The van der Waals surface area contributed by atoms with Crippen LogP contribution in [0.2, 0.25) is 10.0 Å². The Hall–Kier alpha value is -2.63. The largest absolute Gasteiger partial charge is 0.330 e. The number of nitrogens with zero attached hydrogens (tertiary/aromatic N) is 2. The summed E-state index contributed by atoms with van der Waals surface area (Å²) >= 11 is 12.2.